The molecule has 0 radical (unpaired) electrons. The van der Waals surface area contributed by atoms with Gasteiger partial charge in [-0.25, -0.2) is 0 Å². The summed E-state index contributed by atoms with van der Waals surface area (Å²) in [5, 5.41) is 3.04. The molecule has 0 saturated carbocycles. The third kappa shape index (κ3) is 3.90. The van der Waals surface area contributed by atoms with Crippen LogP contribution in [0, 0.1) is 5.92 Å². The highest BCUT2D eigenvalue weighted by atomic mass is 32.2. The molecule has 1 aromatic rings. The number of rotatable bonds is 4. The summed E-state index contributed by atoms with van der Waals surface area (Å²) in [4.78, 5) is 12.2. The molecule has 1 aromatic carbocycles. The van der Waals surface area contributed by atoms with Gasteiger partial charge in [0, 0.05) is 34.4 Å². The Labute approximate surface area is 122 Å². The van der Waals surface area contributed by atoms with Crippen LogP contribution in [0.15, 0.2) is 30.3 Å². The van der Waals surface area contributed by atoms with E-state index in [1.165, 1.54) is 0 Å². The first-order valence-corrected chi connectivity index (χ1v) is 8.52. The monoisotopic (exact) mass is 294 g/mol. The van der Waals surface area contributed by atoms with Crippen molar-refractivity contribution in [1.82, 2.24) is 5.32 Å². The van der Waals surface area contributed by atoms with E-state index in [1.807, 2.05) is 37.3 Å². The second-order valence-electron chi connectivity index (χ2n) is 5.36. The Morgan fingerprint density at radius 1 is 1.30 bits per heavy atom. The maximum atomic E-state index is 12.2. The Kier molecular flexibility index (Phi) is 5.31. The molecule has 1 amide bonds. The number of carbonyl (C=O) groups excluding carboxylic acids is 1. The second kappa shape index (κ2) is 6.99. The van der Waals surface area contributed by atoms with Crippen LogP contribution in [-0.2, 0) is 15.6 Å². The molecule has 1 heterocycles. The maximum Gasteiger partial charge on any atom is 0.224 e. The van der Waals surface area contributed by atoms with E-state index >= 15 is 0 Å². The Morgan fingerprint density at radius 3 is 2.50 bits per heavy atom. The number of hydrogen-bond acceptors (Lipinski definition) is 3. The van der Waals surface area contributed by atoms with Crippen molar-refractivity contribution in [2.24, 2.45) is 11.7 Å². The zero-order valence-corrected chi connectivity index (χ0v) is 12.6. The van der Waals surface area contributed by atoms with Gasteiger partial charge in [-0.3, -0.25) is 9.00 Å². The molecule has 5 heteroatoms. The van der Waals surface area contributed by atoms with Gasteiger partial charge in [0.05, 0.1) is 5.92 Å². The van der Waals surface area contributed by atoms with Gasteiger partial charge in [-0.15, -0.1) is 0 Å². The third-order valence-electron chi connectivity index (χ3n) is 3.87. The molecule has 1 aliphatic heterocycles. The van der Waals surface area contributed by atoms with E-state index < -0.39 is 10.8 Å². The molecule has 0 aromatic heterocycles. The summed E-state index contributed by atoms with van der Waals surface area (Å²) in [6.45, 7) is 1.86. The Bertz CT molecular complexity index is 468. The molecular weight excluding hydrogens is 272 g/mol. The first kappa shape index (κ1) is 15.2. The summed E-state index contributed by atoms with van der Waals surface area (Å²) in [5.41, 5.74) is 7.13. The summed E-state index contributed by atoms with van der Waals surface area (Å²) in [5.74, 6) is 1.08. The number of nitrogens with one attached hydrogen (secondary N) is 1. The summed E-state index contributed by atoms with van der Waals surface area (Å²) in [7, 11) is -0.701. The number of amides is 1. The first-order valence-electron chi connectivity index (χ1n) is 7.04. The van der Waals surface area contributed by atoms with Crippen molar-refractivity contribution in [2.45, 2.75) is 31.8 Å². The summed E-state index contributed by atoms with van der Waals surface area (Å²) >= 11 is 0. The minimum absolute atomic E-state index is 0.0148. The zero-order chi connectivity index (χ0) is 14.5. The van der Waals surface area contributed by atoms with Gasteiger partial charge >= 0.3 is 0 Å². The van der Waals surface area contributed by atoms with E-state index in [0.717, 1.165) is 18.4 Å². The van der Waals surface area contributed by atoms with Crippen LogP contribution in [0.2, 0.25) is 0 Å². The van der Waals surface area contributed by atoms with E-state index in [-0.39, 0.29) is 23.9 Å². The van der Waals surface area contributed by atoms with Crippen LogP contribution in [0.1, 0.15) is 31.4 Å². The fraction of sp³-hybridized carbons (Fsp3) is 0.533. The Hall–Kier alpha value is -1.20. The predicted octanol–water partition coefficient (Wildman–Crippen LogP) is 1.35. The highest BCUT2D eigenvalue weighted by molar-refractivity contribution is 7.85. The van der Waals surface area contributed by atoms with Gasteiger partial charge in [-0.05, 0) is 18.4 Å². The normalized spacial score (nSPS) is 25.7. The lowest BCUT2D eigenvalue weighted by Crippen LogP contribution is -2.44. The van der Waals surface area contributed by atoms with E-state index in [0.29, 0.717) is 11.5 Å². The first-order chi connectivity index (χ1) is 9.58. The molecule has 1 fully saturated rings. The Morgan fingerprint density at radius 2 is 1.90 bits per heavy atom. The molecule has 1 saturated heterocycles. The van der Waals surface area contributed by atoms with Crippen LogP contribution in [0.25, 0.3) is 0 Å². The standard InChI is InChI=1S/C15H22N2O2S/c1-11(14(16)12-5-3-2-4-6-12)15(18)17-13-7-9-20(19)10-8-13/h2-6,11,13-14H,7-10,16H2,1H3,(H,17,18). The van der Waals surface area contributed by atoms with Gasteiger partial charge < -0.3 is 11.1 Å². The molecule has 4 nitrogen and oxygen atoms in total. The molecule has 2 rings (SSSR count). The molecule has 0 bridgehead atoms. The van der Waals surface area contributed by atoms with Crippen molar-refractivity contribution in [3.63, 3.8) is 0 Å². The molecule has 0 spiro atoms. The van der Waals surface area contributed by atoms with E-state index in [1.54, 1.807) is 0 Å². The average molecular weight is 294 g/mol. The van der Waals surface area contributed by atoms with Crippen LogP contribution >= 0.6 is 0 Å². The lowest BCUT2D eigenvalue weighted by atomic mass is 9.94. The number of carbonyl (C=O) groups is 1. The predicted molar refractivity (Wildman–Crippen MR) is 81.6 cm³/mol. The van der Waals surface area contributed by atoms with Gasteiger partial charge in [0.15, 0.2) is 0 Å². The lowest BCUT2D eigenvalue weighted by molar-refractivity contribution is -0.125. The fourth-order valence-corrected chi connectivity index (χ4v) is 3.70. The van der Waals surface area contributed by atoms with Gasteiger partial charge in [-0.2, -0.15) is 0 Å². The van der Waals surface area contributed by atoms with E-state index in [2.05, 4.69) is 5.32 Å². The van der Waals surface area contributed by atoms with Crippen LogP contribution in [0.3, 0.4) is 0 Å². The fourth-order valence-electron chi connectivity index (χ4n) is 2.40. The minimum Gasteiger partial charge on any atom is -0.353 e. The van der Waals surface area contributed by atoms with Gasteiger partial charge in [0.25, 0.3) is 0 Å². The van der Waals surface area contributed by atoms with Crippen molar-refractivity contribution < 1.29 is 9.00 Å². The Balaban J connectivity index is 1.90. The van der Waals surface area contributed by atoms with Crippen LogP contribution < -0.4 is 11.1 Å². The lowest BCUT2D eigenvalue weighted by Gasteiger charge is -2.26. The van der Waals surface area contributed by atoms with Crippen molar-refractivity contribution in [2.75, 3.05) is 11.5 Å². The van der Waals surface area contributed by atoms with Crippen molar-refractivity contribution in [3.05, 3.63) is 35.9 Å². The molecule has 0 aliphatic carbocycles. The zero-order valence-electron chi connectivity index (χ0n) is 11.7. The van der Waals surface area contributed by atoms with Crippen LogP contribution in [-0.4, -0.2) is 27.7 Å². The summed E-state index contributed by atoms with van der Waals surface area (Å²) < 4.78 is 11.3. The smallest absolute Gasteiger partial charge is 0.224 e. The molecule has 2 unspecified atom stereocenters. The van der Waals surface area contributed by atoms with E-state index in [9.17, 15) is 9.00 Å². The highest BCUT2D eigenvalue weighted by Crippen LogP contribution is 2.20. The topological polar surface area (TPSA) is 72.2 Å². The second-order valence-corrected chi connectivity index (χ2v) is 7.05. The molecule has 20 heavy (non-hydrogen) atoms. The van der Waals surface area contributed by atoms with Crippen molar-refractivity contribution >= 4 is 16.7 Å². The minimum atomic E-state index is -0.701. The highest BCUT2D eigenvalue weighted by Gasteiger charge is 2.25. The summed E-state index contributed by atoms with van der Waals surface area (Å²) in [6, 6.07) is 9.52. The molecular formula is C15H22N2O2S. The number of nitrogens with two attached hydrogens (primary N) is 1. The summed E-state index contributed by atoms with van der Waals surface area (Å²) in [6.07, 6.45) is 1.59. The molecule has 110 valence electrons. The van der Waals surface area contributed by atoms with E-state index in [4.69, 9.17) is 5.73 Å². The SMILES string of the molecule is CC(C(=O)NC1CCS(=O)CC1)C(N)c1ccccc1. The van der Waals surface area contributed by atoms with Crippen LogP contribution in [0.4, 0.5) is 0 Å². The molecule has 1 aliphatic rings. The van der Waals surface area contributed by atoms with Gasteiger partial charge in [0.1, 0.15) is 0 Å². The average Bonchev–Trinajstić information content (AvgIpc) is 2.49. The molecule has 3 N–H and O–H groups in total. The number of benzene rings is 1. The van der Waals surface area contributed by atoms with Gasteiger partial charge in [-0.1, -0.05) is 37.3 Å². The van der Waals surface area contributed by atoms with Crippen molar-refractivity contribution in [3.8, 4) is 0 Å². The largest absolute Gasteiger partial charge is 0.353 e. The third-order valence-corrected chi connectivity index (χ3v) is 5.25. The maximum absolute atomic E-state index is 12.2. The number of hydrogen-bond donors (Lipinski definition) is 2. The van der Waals surface area contributed by atoms with Crippen molar-refractivity contribution in [1.29, 1.82) is 0 Å². The van der Waals surface area contributed by atoms with Gasteiger partial charge in [0.2, 0.25) is 5.91 Å². The molecule has 2 atom stereocenters. The quantitative estimate of drug-likeness (QED) is 0.880. The van der Waals surface area contributed by atoms with Crippen LogP contribution in [0.5, 0.6) is 0 Å².